The number of ketones is 3. The molecule has 0 radical (unpaired) electrons. The zero-order valence-electron chi connectivity index (χ0n) is 70.7. The SMILES string of the molecule is CC(C)(C)OC(=O)NCCCC[C@H](CC(=O)[C@H](Cc1ccccc1)NC(=O)OCc1ccccc1)C(=O)COc1c(F)c(F)c(C(=O)CCCNC(=O)CCCCC[N+]2=C(C=CC3=C(Cl)C(=CC=C4N(CCCS(=O)(=O)O)c5ccc(N(CCCS(=O)(=O)O)CCCS(=O)(=O)O)cc5C4(C)C)CCC3)C(C)(C)c3c2ccc2cc(S(=O)(=O)O)ccc32)c(F)c1F. The third kappa shape index (κ3) is 28.1. The molecule has 6 aromatic carbocycles. The summed E-state index contributed by atoms with van der Waals surface area (Å²) in [6, 6.07) is 29.5. The van der Waals surface area contributed by atoms with Crippen molar-refractivity contribution in [2.75, 3.05) is 72.9 Å². The Labute approximate surface area is 732 Å². The molecule has 2 heterocycles. The second-order valence-corrected chi connectivity index (χ2v) is 39.8. The van der Waals surface area contributed by atoms with Gasteiger partial charge in [-0.3, -0.25) is 37.4 Å². The molecule has 3 amide bonds. The highest BCUT2D eigenvalue weighted by molar-refractivity contribution is 7.86. The number of fused-ring (bicyclic) bond motifs is 4. The standard InChI is InChI=1S/C89H107ClF4N6O21S4/c1-87(2,3)121-85(105)96-43-17-16-28-63(54-72(102)68(52-58-24-11-8-12-25-58)97-86(106)120-56-59-26-13-9-14-27-59)73(103)57-119-84-82(93)80(91)77(81(92)83(84)94)71(101)31-20-44-95-76(104)32-15-10-18-47-100-70-39-33-62-53-65(125(116,117)118)37-38-66(62)78(70)89(6,7)75(100)42-35-61-30-19-29-60(79(61)90)34-41-74-88(4,5)67-55-64(36-40-69(67)99(74)48-23-51-124(113,114)115)98(45-21-49-122(107,108)109)46-22-50-123(110,111)112/h8-9,11-14,24-27,33-42,53,55,63,68H,10,15-23,28-32,43-52,54,56-57H2,1-7H3,(H6-,95,96,97,104,105,106,107,108,109,110,111,112,113,114,115,116,117,118)/p+1/t63-,68+/m1/s1. The van der Waals surface area contributed by atoms with Crippen LogP contribution in [-0.2, 0) is 88.2 Å². The second-order valence-electron chi connectivity index (χ2n) is 33.3. The lowest BCUT2D eigenvalue weighted by molar-refractivity contribution is -0.438. The number of carbonyl (C=O) groups excluding carboxylic acids is 6. The summed E-state index contributed by atoms with van der Waals surface area (Å²) in [7, 11) is -17.6. The van der Waals surface area contributed by atoms with Crippen LogP contribution in [0.15, 0.2) is 160 Å². The average Bonchev–Trinajstić information content (AvgIpc) is 1.57. The number of benzene rings is 6. The molecule has 678 valence electrons. The van der Waals surface area contributed by atoms with Gasteiger partial charge in [-0.25, -0.2) is 18.4 Å². The van der Waals surface area contributed by atoms with Gasteiger partial charge >= 0.3 is 12.2 Å². The number of rotatable bonds is 45. The number of allylic oxidation sites excluding steroid dienone is 8. The Balaban J connectivity index is 0.852. The van der Waals surface area contributed by atoms with Gasteiger partial charge in [0.05, 0.1) is 39.2 Å². The minimum absolute atomic E-state index is 0.0129. The molecule has 6 aromatic rings. The summed E-state index contributed by atoms with van der Waals surface area (Å²) in [4.78, 5) is 83.8. The van der Waals surface area contributed by atoms with Crippen LogP contribution >= 0.6 is 11.6 Å². The van der Waals surface area contributed by atoms with E-state index in [1.54, 1.807) is 105 Å². The molecule has 0 unspecified atom stereocenters. The van der Waals surface area contributed by atoms with Gasteiger partial charge in [0.2, 0.25) is 23.2 Å². The number of halogens is 5. The molecule has 2 atom stereocenters. The van der Waals surface area contributed by atoms with E-state index in [-0.39, 0.29) is 102 Å². The largest absolute Gasteiger partial charge is 0.480 e. The van der Waals surface area contributed by atoms with Crippen LogP contribution in [0.5, 0.6) is 5.75 Å². The van der Waals surface area contributed by atoms with Crippen molar-refractivity contribution in [3.05, 3.63) is 206 Å². The monoisotopic (exact) mass is 1840 g/mol. The first-order chi connectivity index (χ1) is 58.7. The zero-order chi connectivity index (χ0) is 91.6. The van der Waals surface area contributed by atoms with Crippen molar-refractivity contribution in [1.82, 2.24) is 16.0 Å². The number of alkyl carbamates (subject to hydrolysis) is 2. The Morgan fingerprint density at radius 2 is 1.28 bits per heavy atom. The number of unbranched alkanes of at least 4 members (excludes halogenated alkanes) is 3. The van der Waals surface area contributed by atoms with E-state index in [1.165, 1.54) is 12.1 Å². The highest BCUT2D eigenvalue weighted by atomic mass is 35.5. The van der Waals surface area contributed by atoms with Crippen molar-refractivity contribution >= 4 is 121 Å². The molecule has 125 heavy (non-hydrogen) atoms. The van der Waals surface area contributed by atoms with Crippen LogP contribution < -0.4 is 30.5 Å². The molecule has 0 spiro atoms. The Hall–Kier alpha value is -9.72. The molecule has 0 aromatic heterocycles. The molecule has 0 saturated heterocycles. The van der Waals surface area contributed by atoms with Gasteiger partial charge in [-0.1, -0.05) is 111 Å². The fourth-order valence-corrected chi connectivity index (χ4v) is 18.1. The van der Waals surface area contributed by atoms with Crippen LogP contribution in [0.1, 0.15) is 184 Å². The summed E-state index contributed by atoms with van der Waals surface area (Å²) in [5.41, 5.74) is 4.31. The van der Waals surface area contributed by atoms with Crippen molar-refractivity contribution in [3.8, 4) is 5.75 Å². The first-order valence-corrected chi connectivity index (χ1v) is 47.9. The number of Topliss-reactive ketones (excluding diaryl/α,β-unsaturated/α-hetero) is 3. The molecule has 2 aliphatic heterocycles. The normalized spacial score (nSPS) is 15.9. The van der Waals surface area contributed by atoms with Crippen molar-refractivity contribution in [2.45, 2.75) is 192 Å². The molecule has 0 saturated carbocycles. The third-order valence-corrected chi connectivity index (χ3v) is 25.7. The summed E-state index contributed by atoms with van der Waals surface area (Å²) in [6.07, 6.45) is 8.32. The van der Waals surface area contributed by atoms with Gasteiger partial charge < -0.3 is 40.0 Å². The zero-order valence-corrected chi connectivity index (χ0v) is 74.8. The van der Waals surface area contributed by atoms with E-state index in [4.69, 9.17) is 25.8 Å². The van der Waals surface area contributed by atoms with Gasteiger partial charge in [0, 0.05) is 110 Å². The summed E-state index contributed by atoms with van der Waals surface area (Å²) in [6.45, 7) is 12.3. The van der Waals surface area contributed by atoms with Crippen LogP contribution in [0.2, 0.25) is 0 Å². The Morgan fingerprint density at radius 1 is 0.648 bits per heavy atom. The van der Waals surface area contributed by atoms with E-state index >= 15 is 17.6 Å². The lowest BCUT2D eigenvalue weighted by atomic mass is 9.78. The molecule has 0 fully saturated rings. The number of carbonyl (C=O) groups is 6. The molecular formula is C89H108ClF4N6O21S4+. The van der Waals surface area contributed by atoms with Gasteiger partial charge in [-0.05, 0) is 193 Å². The van der Waals surface area contributed by atoms with Crippen molar-refractivity contribution in [2.24, 2.45) is 5.92 Å². The summed E-state index contributed by atoms with van der Waals surface area (Å²) in [5.74, 6) is -16.3. The van der Waals surface area contributed by atoms with Crippen LogP contribution in [0.3, 0.4) is 0 Å². The van der Waals surface area contributed by atoms with Crippen molar-refractivity contribution in [3.63, 3.8) is 0 Å². The Bertz CT molecular complexity index is 5580. The molecule has 1 aliphatic carbocycles. The molecule has 3 aliphatic rings. The van der Waals surface area contributed by atoms with Gasteiger partial charge in [0.15, 0.2) is 40.4 Å². The quantitative estimate of drug-likeness (QED) is 0.00466. The summed E-state index contributed by atoms with van der Waals surface area (Å²) < 4.78 is 216. The molecule has 27 nitrogen and oxygen atoms in total. The van der Waals surface area contributed by atoms with Gasteiger partial charge in [-0.15, -0.1) is 0 Å². The average molecular weight is 1840 g/mol. The third-order valence-electron chi connectivity index (χ3n) is 21.9. The van der Waals surface area contributed by atoms with E-state index in [1.807, 2.05) is 75.1 Å². The highest BCUT2D eigenvalue weighted by Gasteiger charge is 2.46. The topological polar surface area (TPSA) is 393 Å². The number of nitrogens with one attached hydrogen (secondary N) is 3. The first kappa shape index (κ1) is 99.1. The summed E-state index contributed by atoms with van der Waals surface area (Å²) in [5, 5.41) is 9.59. The minimum atomic E-state index is -4.57. The fourth-order valence-electron chi connectivity index (χ4n) is 15.7. The Morgan fingerprint density at radius 3 is 1.91 bits per heavy atom. The van der Waals surface area contributed by atoms with E-state index in [2.05, 4.69) is 20.5 Å². The van der Waals surface area contributed by atoms with Gasteiger partial charge in [-0.2, -0.15) is 47.0 Å². The van der Waals surface area contributed by atoms with Gasteiger partial charge in [0.1, 0.15) is 25.4 Å². The van der Waals surface area contributed by atoms with Crippen LogP contribution in [-0.4, -0.2) is 172 Å². The predicted octanol–water partition coefficient (Wildman–Crippen LogP) is 15.6. The number of hydrogen-bond acceptors (Lipinski definition) is 19. The van der Waals surface area contributed by atoms with Crippen molar-refractivity contribution in [1.29, 1.82) is 0 Å². The number of amides is 3. The van der Waals surface area contributed by atoms with Gasteiger partial charge in [0.25, 0.3) is 40.5 Å². The fraction of sp³-hybridized carbons (Fsp3) is 0.449. The second kappa shape index (κ2) is 43.2. The maximum atomic E-state index is 15.9. The smallest absolute Gasteiger partial charge is 0.408 e. The number of ether oxygens (including phenoxy) is 3. The first-order valence-electron chi connectivity index (χ1n) is 41.2. The van der Waals surface area contributed by atoms with Crippen LogP contribution in [0.25, 0.3) is 10.8 Å². The lowest BCUT2D eigenvalue weighted by Crippen LogP contribution is -2.44. The van der Waals surface area contributed by atoms with Crippen LogP contribution in [0.4, 0.5) is 44.2 Å². The molecule has 9 rings (SSSR count). The van der Waals surface area contributed by atoms with E-state index in [9.17, 15) is 80.6 Å². The molecule has 0 bridgehead atoms. The highest BCUT2D eigenvalue weighted by Crippen LogP contribution is 2.50. The maximum absolute atomic E-state index is 15.9. The van der Waals surface area contributed by atoms with Crippen LogP contribution in [0, 0.1) is 29.2 Å². The lowest BCUT2D eigenvalue weighted by Gasteiger charge is -2.27. The number of hydrogen-bond donors (Lipinski definition) is 7. The van der Waals surface area contributed by atoms with E-state index in [0.29, 0.717) is 78.0 Å². The Kier molecular flexibility index (Phi) is 34.2. The molecule has 36 heteroatoms. The number of nitrogens with zero attached hydrogens (tertiary/aromatic N) is 3. The van der Waals surface area contributed by atoms with Crippen molar-refractivity contribution < 1.29 is 117 Å². The number of anilines is 2. The maximum Gasteiger partial charge on any atom is 0.408 e. The van der Waals surface area contributed by atoms with E-state index < -0.39 is 176 Å². The molecular weight excluding hydrogens is 1730 g/mol. The molecule has 7 N–H and O–H groups in total. The minimum Gasteiger partial charge on any atom is -0.480 e. The summed E-state index contributed by atoms with van der Waals surface area (Å²) >= 11 is 7.40. The van der Waals surface area contributed by atoms with E-state index in [0.717, 1.165) is 44.8 Å². The predicted molar refractivity (Wildman–Crippen MR) is 467 cm³/mol.